The smallest absolute Gasteiger partial charge is 0.220 e. The molecule has 1 aromatic carbocycles. The lowest BCUT2D eigenvalue weighted by Gasteiger charge is -2.34. The van der Waals surface area contributed by atoms with E-state index in [2.05, 4.69) is 21.7 Å². The van der Waals surface area contributed by atoms with Gasteiger partial charge >= 0.3 is 0 Å². The van der Waals surface area contributed by atoms with Gasteiger partial charge in [0.2, 0.25) is 5.91 Å². The first-order chi connectivity index (χ1) is 12.2. The Morgan fingerprint density at radius 3 is 2.68 bits per heavy atom. The molecule has 0 aliphatic carbocycles. The van der Waals surface area contributed by atoms with E-state index in [1.807, 2.05) is 6.07 Å². The Bertz CT molecular complexity index is 655. The van der Waals surface area contributed by atoms with Gasteiger partial charge in [0.15, 0.2) is 0 Å². The van der Waals surface area contributed by atoms with Gasteiger partial charge in [-0.15, -0.1) is 11.3 Å². The molecule has 1 aliphatic rings. The summed E-state index contributed by atoms with van der Waals surface area (Å²) in [5, 5.41) is 5.13. The third-order valence-corrected chi connectivity index (χ3v) is 5.38. The molecule has 1 N–H and O–H groups in total. The van der Waals surface area contributed by atoms with Crippen LogP contribution in [0.2, 0.25) is 0 Å². The van der Waals surface area contributed by atoms with E-state index >= 15 is 0 Å². The summed E-state index contributed by atoms with van der Waals surface area (Å²) in [6.07, 6.45) is 1.03. The van der Waals surface area contributed by atoms with Gasteiger partial charge in [-0.2, -0.15) is 0 Å². The van der Waals surface area contributed by atoms with E-state index in [1.54, 1.807) is 23.5 Å². The van der Waals surface area contributed by atoms with E-state index in [0.717, 1.165) is 31.9 Å². The second-order valence-electron chi connectivity index (χ2n) is 6.11. The lowest BCUT2D eigenvalue weighted by Crippen LogP contribution is -2.43. The van der Waals surface area contributed by atoms with Crippen LogP contribution in [0.3, 0.4) is 0 Å². The van der Waals surface area contributed by atoms with Gasteiger partial charge in [-0.3, -0.25) is 9.69 Å². The van der Waals surface area contributed by atoms with Crippen molar-refractivity contribution in [3.8, 4) is 0 Å². The van der Waals surface area contributed by atoms with Crippen LogP contribution in [-0.4, -0.2) is 43.7 Å². The van der Waals surface area contributed by atoms with Crippen LogP contribution in [0, 0.1) is 5.82 Å². The van der Waals surface area contributed by atoms with Gasteiger partial charge < -0.3 is 10.1 Å². The number of hydrogen-bond acceptors (Lipinski definition) is 4. The fourth-order valence-electron chi connectivity index (χ4n) is 2.99. The van der Waals surface area contributed by atoms with Crippen molar-refractivity contribution in [2.24, 2.45) is 0 Å². The largest absolute Gasteiger partial charge is 0.379 e. The first kappa shape index (κ1) is 18.0. The number of hydrogen-bond donors (Lipinski definition) is 1. The highest BCUT2D eigenvalue weighted by Gasteiger charge is 2.23. The summed E-state index contributed by atoms with van der Waals surface area (Å²) in [5.41, 5.74) is 0.972. The molecule has 1 fully saturated rings. The van der Waals surface area contributed by atoms with E-state index in [9.17, 15) is 9.18 Å². The summed E-state index contributed by atoms with van der Waals surface area (Å²) in [6, 6.07) is 10.7. The highest BCUT2D eigenvalue weighted by molar-refractivity contribution is 7.10. The Morgan fingerprint density at radius 2 is 2.00 bits per heavy atom. The quantitative estimate of drug-likeness (QED) is 0.823. The molecule has 6 heteroatoms. The van der Waals surface area contributed by atoms with Crippen molar-refractivity contribution in [2.75, 3.05) is 32.8 Å². The van der Waals surface area contributed by atoms with Gasteiger partial charge in [0.1, 0.15) is 5.82 Å². The number of carbonyl (C=O) groups excluding carboxylic acids is 1. The lowest BCUT2D eigenvalue weighted by atomic mass is 10.1. The average molecular weight is 362 g/mol. The van der Waals surface area contributed by atoms with E-state index in [-0.39, 0.29) is 17.8 Å². The number of amides is 1. The zero-order valence-corrected chi connectivity index (χ0v) is 14.9. The first-order valence-electron chi connectivity index (χ1n) is 8.59. The Kier molecular flexibility index (Phi) is 6.55. The standard InChI is InChI=1S/C19H23FN2O2S/c20-16-6-3-15(4-7-16)5-8-19(23)21-14-17(18-2-1-13-25-18)22-9-11-24-12-10-22/h1-4,6-7,13,17H,5,8-12,14H2,(H,21,23). The Morgan fingerprint density at radius 1 is 1.24 bits per heavy atom. The fraction of sp³-hybridized carbons (Fsp3) is 0.421. The Hall–Kier alpha value is -1.76. The van der Waals surface area contributed by atoms with E-state index in [4.69, 9.17) is 4.74 Å². The average Bonchev–Trinajstić information content (AvgIpc) is 3.17. The normalized spacial score (nSPS) is 16.5. The molecule has 4 nitrogen and oxygen atoms in total. The number of morpholine rings is 1. The van der Waals surface area contributed by atoms with Gasteiger partial charge in [-0.25, -0.2) is 4.39 Å². The predicted octanol–water partition coefficient (Wildman–Crippen LogP) is 3.01. The SMILES string of the molecule is O=C(CCc1ccc(F)cc1)NCC(c1cccs1)N1CCOCC1. The van der Waals surface area contributed by atoms with E-state index < -0.39 is 0 Å². The summed E-state index contributed by atoms with van der Waals surface area (Å²) in [4.78, 5) is 15.9. The number of thiophene rings is 1. The molecule has 1 saturated heterocycles. The molecule has 0 bridgehead atoms. The van der Waals surface area contributed by atoms with Crippen molar-refractivity contribution >= 4 is 17.2 Å². The van der Waals surface area contributed by atoms with Crippen LogP contribution >= 0.6 is 11.3 Å². The molecule has 1 atom stereocenters. The molecule has 134 valence electrons. The molecule has 1 unspecified atom stereocenters. The number of nitrogens with one attached hydrogen (secondary N) is 1. The molecule has 1 amide bonds. The Labute approximate surface area is 151 Å². The van der Waals surface area contributed by atoms with Gasteiger partial charge in [0.05, 0.1) is 19.3 Å². The Balaban J connectivity index is 1.51. The maximum absolute atomic E-state index is 12.9. The minimum absolute atomic E-state index is 0.0270. The lowest BCUT2D eigenvalue weighted by molar-refractivity contribution is -0.121. The number of ether oxygens (including phenoxy) is 1. The summed E-state index contributed by atoms with van der Waals surface area (Å²) in [7, 11) is 0. The first-order valence-corrected chi connectivity index (χ1v) is 9.46. The maximum Gasteiger partial charge on any atom is 0.220 e. The number of benzene rings is 1. The second-order valence-corrected chi connectivity index (χ2v) is 7.09. The molecule has 1 aliphatic heterocycles. The molecule has 2 aromatic rings. The fourth-order valence-corrected chi connectivity index (χ4v) is 3.85. The molecular formula is C19H23FN2O2S. The van der Waals surface area contributed by atoms with Crippen LogP contribution in [0.4, 0.5) is 4.39 Å². The summed E-state index contributed by atoms with van der Waals surface area (Å²) < 4.78 is 18.4. The summed E-state index contributed by atoms with van der Waals surface area (Å²) >= 11 is 1.72. The molecular weight excluding hydrogens is 339 g/mol. The van der Waals surface area contributed by atoms with Gasteiger partial charge in [-0.1, -0.05) is 18.2 Å². The molecule has 0 radical (unpaired) electrons. The van der Waals surface area contributed by atoms with Crippen molar-refractivity contribution in [3.05, 3.63) is 58.0 Å². The van der Waals surface area contributed by atoms with Crippen LogP contribution in [0.1, 0.15) is 22.9 Å². The molecule has 1 aromatic heterocycles. The number of rotatable bonds is 7. The molecule has 25 heavy (non-hydrogen) atoms. The maximum atomic E-state index is 12.9. The molecule has 3 rings (SSSR count). The zero-order valence-electron chi connectivity index (χ0n) is 14.1. The van der Waals surface area contributed by atoms with Crippen molar-refractivity contribution in [2.45, 2.75) is 18.9 Å². The number of halogens is 1. The molecule has 0 saturated carbocycles. The highest BCUT2D eigenvalue weighted by atomic mass is 32.1. The van der Waals surface area contributed by atoms with Gasteiger partial charge in [-0.05, 0) is 35.6 Å². The van der Waals surface area contributed by atoms with E-state index in [1.165, 1.54) is 17.0 Å². The monoisotopic (exact) mass is 362 g/mol. The van der Waals surface area contributed by atoms with Crippen LogP contribution < -0.4 is 5.32 Å². The minimum atomic E-state index is -0.252. The van der Waals surface area contributed by atoms with Crippen LogP contribution in [0.15, 0.2) is 41.8 Å². The predicted molar refractivity (Wildman–Crippen MR) is 97.2 cm³/mol. The number of carbonyl (C=O) groups is 1. The highest BCUT2D eigenvalue weighted by Crippen LogP contribution is 2.25. The van der Waals surface area contributed by atoms with Crippen molar-refractivity contribution in [1.82, 2.24) is 10.2 Å². The molecule has 0 spiro atoms. The summed E-state index contributed by atoms with van der Waals surface area (Å²) in [6.45, 7) is 3.84. The number of aryl methyl sites for hydroxylation is 1. The van der Waals surface area contributed by atoms with Crippen LogP contribution in [0.25, 0.3) is 0 Å². The number of nitrogens with zero attached hydrogens (tertiary/aromatic N) is 1. The third-order valence-electron chi connectivity index (χ3n) is 4.40. The molecule has 2 heterocycles. The zero-order chi connectivity index (χ0) is 17.5. The van der Waals surface area contributed by atoms with Gasteiger partial charge in [0.25, 0.3) is 0 Å². The van der Waals surface area contributed by atoms with Crippen LogP contribution in [-0.2, 0) is 16.0 Å². The van der Waals surface area contributed by atoms with E-state index in [0.29, 0.717) is 19.4 Å². The van der Waals surface area contributed by atoms with Gasteiger partial charge in [0, 0.05) is 30.9 Å². The van der Waals surface area contributed by atoms with Crippen LogP contribution in [0.5, 0.6) is 0 Å². The van der Waals surface area contributed by atoms with Crippen molar-refractivity contribution in [3.63, 3.8) is 0 Å². The van der Waals surface area contributed by atoms with Crippen molar-refractivity contribution in [1.29, 1.82) is 0 Å². The topological polar surface area (TPSA) is 41.6 Å². The van der Waals surface area contributed by atoms with Crippen molar-refractivity contribution < 1.29 is 13.9 Å². The minimum Gasteiger partial charge on any atom is -0.379 e. The summed E-state index contributed by atoms with van der Waals surface area (Å²) in [5.74, 6) is -0.225. The third kappa shape index (κ3) is 5.36. The second kappa shape index (κ2) is 9.08.